The molecule has 1 N–H and O–H groups in total. The zero-order chi connectivity index (χ0) is 17.8. The first-order chi connectivity index (χ1) is 12.6. The summed E-state index contributed by atoms with van der Waals surface area (Å²) >= 11 is 1.73. The van der Waals surface area contributed by atoms with E-state index in [2.05, 4.69) is 48.0 Å². The Morgan fingerprint density at radius 1 is 1.31 bits per heavy atom. The SMILES string of the molecule is C[C@H]1CCc2c(sc3nc([C@@H](C)N4CCc5ccccc54)[nH]c(=O)c23)C1. The van der Waals surface area contributed by atoms with Gasteiger partial charge in [0.1, 0.15) is 10.7 Å². The summed E-state index contributed by atoms with van der Waals surface area (Å²) in [6.07, 6.45) is 4.31. The molecule has 0 fully saturated rings. The molecule has 0 spiro atoms. The molecule has 1 aliphatic carbocycles. The molecule has 5 heteroatoms. The third kappa shape index (κ3) is 2.41. The Balaban J connectivity index is 1.57. The van der Waals surface area contributed by atoms with Gasteiger partial charge >= 0.3 is 0 Å². The fourth-order valence-electron chi connectivity index (χ4n) is 4.48. The maximum atomic E-state index is 12.9. The third-order valence-electron chi connectivity index (χ3n) is 5.97. The molecule has 0 amide bonds. The van der Waals surface area contributed by atoms with Gasteiger partial charge in [0.15, 0.2) is 0 Å². The van der Waals surface area contributed by atoms with Crippen molar-refractivity contribution in [1.82, 2.24) is 9.97 Å². The van der Waals surface area contributed by atoms with Crippen LogP contribution < -0.4 is 10.5 Å². The highest BCUT2D eigenvalue weighted by molar-refractivity contribution is 7.18. The van der Waals surface area contributed by atoms with Gasteiger partial charge in [0.25, 0.3) is 5.56 Å². The molecule has 3 heterocycles. The second-order valence-corrected chi connectivity index (χ2v) is 8.81. The van der Waals surface area contributed by atoms with Crippen LogP contribution in [0.5, 0.6) is 0 Å². The molecule has 134 valence electrons. The van der Waals surface area contributed by atoms with E-state index in [0.29, 0.717) is 5.92 Å². The molecular weight excluding hydrogens is 342 g/mol. The Labute approximate surface area is 156 Å². The molecule has 0 unspecified atom stereocenters. The van der Waals surface area contributed by atoms with Gasteiger partial charge in [-0.05, 0) is 55.7 Å². The predicted octanol–water partition coefficient (Wildman–Crippen LogP) is 4.23. The summed E-state index contributed by atoms with van der Waals surface area (Å²) < 4.78 is 0. The van der Waals surface area contributed by atoms with Gasteiger partial charge in [0, 0.05) is 17.1 Å². The number of fused-ring (bicyclic) bond motifs is 4. The van der Waals surface area contributed by atoms with Crippen LogP contribution in [0.25, 0.3) is 10.2 Å². The Kier molecular flexibility index (Phi) is 3.67. The lowest BCUT2D eigenvalue weighted by atomic mass is 9.89. The average molecular weight is 366 g/mol. The van der Waals surface area contributed by atoms with Crippen molar-refractivity contribution >= 4 is 27.2 Å². The van der Waals surface area contributed by atoms with Crippen LogP contribution in [0.1, 0.15) is 48.1 Å². The first-order valence-corrected chi connectivity index (χ1v) is 10.3. The van der Waals surface area contributed by atoms with Crippen molar-refractivity contribution in [3.63, 3.8) is 0 Å². The zero-order valence-electron chi connectivity index (χ0n) is 15.2. The van der Waals surface area contributed by atoms with E-state index in [1.165, 1.54) is 28.1 Å². The minimum Gasteiger partial charge on any atom is -0.361 e. The molecule has 0 bridgehead atoms. The van der Waals surface area contributed by atoms with Crippen molar-refractivity contribution in [3.05, 3.63) is 56.4 Å². The zero-order valence-corrected chi connectivity index (χ0v) is 16.0. The van der Waals surface area contributed by atoms with Gasteiger partial charge in [-0.15, -0.1) is 11.3 Å². The second kappa shape index (κ2) is 5.95. The van der Waals surface area contributed by atoms with Crippen LogP contribution in [0.2, 0.25) is 0 Å². The average Bonchev–Trinajstić information content (AvgIpc) is 3.21. The fraction of sp³-hybridized carbons (Fsp3) is 0.429. The quantitative estimate of drug-likeness (QED) is 0.739. The topological polar surface area (TPSA) is 49.0 Å². The van der Waals surface area contributed by atoms with Gasteiger partial charge in [-0.3, -0.25) is 4.79 Å². The van der Waals surface area contributed by atoms with E-state index in [9.17, 15) is 4.79 Å². The Morgan fingerprint density at radius 2 is 2.15 bits per heavy atom. The molecular formula is C21H23N3OS. The summed E-state index contributed by atoms with van der Waals surface area (Å²) in [7, 11) is 0. The van der Waals surface area contributed by atoms with Gasteiger partial charge < -0.3 is 9.88 Å². The highest BCUT2D eigenvalue weighted by Crippen LogP contribution is 2.37. The van der Waals surface area contributed by atoms with Crippen molar-refractivity contribution < 1.29 is 0 Å². The highest BCUT2D eigenvalue weighted by Gasteiger charge is 2.27. The van der Waals surface area contributed by atoms with Gasteiger partial charge in [-0.2, -0.15) is 0 Å². The molecule has 0 radical (unpaired) electrons. The van der Waals surface area contributed by atoms with Crippen molar-refractivity contribution in [2.75, 3.05) is 11.4 Å². The largest absolute Gasteiger partial charge is 0.361 e. The number of nitrogens with zero attached hydrogens (tertiary/aromatic N) is 2. The van der Waals surface area contributed by atoms with E-state index in [-0.39, 0.29) is 11.6 Å². The normalized spacial score (nSPS) is 20.2. The number of aromatic nitrogens is 2. The molecule has 5 rings (SSSR count). The molecule has 3 aromatic rings. The first kappa shape index (κ1) is 16.1. The lowest BCUT2D eigenvalue weighted by Gasteiger charge is -2.26. The van der Waals surface area contributed by atoms with E-state index in [1.807, 2.05) is 0 Å². The van der Waals surface area contributed by atoms with Gasteiger partial charge in [-0.25, -0.2) is 4.98 Å². The monoisotopic (exact) mass is 365 g/mol. The fourth-order valence-corrected chi connectivity index (χ4v) is 5.87. The first-order valence-electron chi connectivity index (χ1n) is 9.51. The predicted molar refractivity (Wildman–Crippen MR) is 107 cm³/mol. The summed E-state index contributed by atoms with van der Waals surface area (Å²) in [5.74, 6) is 1.49. The van der Waals surface area contributed by atoms with Crippen molar-refractivity contribution in [2.24, 2.45) is 5.92 Å². The smallest absolute Gasteiger partial charge is 0.259 e. The second-order valence-electron chi connectivity index (χ2n) is 7.73. The van der Waals surface area contributed by atoms with Crippen LogP contribution in [0, 0.1) is 5.92 Å². The summed E-state index contributed by atoms with van der Waals surface area (Å²) in [4.78, 5) is 25.5. The maximum Gasteiger partial charge on any atom is 0.259 e. The van der Waals surface area contributed by atoms with Gasteiger partial charge in [0.2, 0.25) is 0 Å². The summed E-state index contributed by atoms with van der Waals surface area (Å²) in [6.45, 7) is 5.41. The molecule has 4 nitrogen and oxygen atoms in total. The number of H-pyrrole nitrogens is 1. The van der Waals surface area contributed by atoms with Crippen LogP contribution in [-0.2, 0) is 19.3 Å². The highest BCUT2D eigenvalue weighted by atomic mass is 32.1. The number of para-hydroxylation sites is 1. The number of aryl methyl sites for hydroxylation is 1. The number of benzene rings is 1. The molecule has 2 aliphatic rings. The number of thiophene rings is 1. The number of rotatable bonds is 2. The van der Waals surface area contributed by atoms with Crippen LogP contribution in [0.4, 0.5) is 5.69 Å². The number of aromatic amines is 1. The minimum atomic E-state index is 0.0383. The number of nitrogens with one attached hydrogen (secondary N) is 1. The lowest BCUT2D eigenvalue weighted by molar-refractivity contribution is 0.509. The molecule has 26 heavy (non-hydrogen) atoms. The van der Waals surface area contributed by atoms with Crippen LogP contribution in [0.3, 0.4) is 0 Å². The van der Waals surface area contributed by atoms with E-state index < -0.39 is 0 Å². The van der Waals surface area contributed by atoms with Crippen LogP contribution in [0.15, 0.2) is 29.1 Å². The molecule has 2 atom stereocenters. The Bertz CT molecular complexity index is 1050. The standard InChI is InChI=1S/C21H23N3OS/c1-12-7-8-15-17(11-12)26-21-18(15)20(25)22-19(23-21)13(2)24-10-9-14-5-3-4-6-16(14)24/h3-6,12-13H,7-11H2,1-2H3,(H,22,23,25)/t12-,13+/m0/s1. The summed E-state index contributed by atoms with van der Waals surface area (Å²) in [5, 5.41) is 0.842. The van der Waals surface area contributed by atoms with Crippen molar-refractivity contribution in [2.45, 2.75) is 45.6 Å². The number of hydrogen-bond donors (Lipinski definition) is 1. The number of hydrogen-bond acceptors (Lipinski definition) is 4. The molecule has 1 aliphatic heterocycles. The molecule has 1 aromatic carbocycles. The number of anilines is 1. The van der Waals surface area contributed by atoms with E-state index in [4.69, 9.17) is 4.98 Å². The Morgan fingerprint density at radius 3 is 3.04 bits per heavy atom. The lowest BCUT2D eigenvalue weighted by Crippen LogP contribution is -2.28. The van der Waals surface area contributed by atoms with Crippen LogP contribution in [-0.4, -0.2) is 16.5 Å². The molecule has 2 aromatic heterocycles. The van der Waals surface area contributed by atoms with Gasteiger partial charge in [0.05, 0.1) is 11.4 Å². The molecule has 0 saturated heterocycles. The summed E-state index contributed by atoms with van der Waals surface area (Å²) in [6, 6.07) is 8.60. The van der Waals surface area contributed by atoms with Crippen LogP contribution >= 0.6 is 11.3 Å². The van der Waals surface area contributed by atoms with E-state index in [0.717, 1.165) is 41.8 Å². The van der Waals surface area contributed by atoms with Crippen molar-refractivity contribution in [3.8, 4) is 0 Å². The third-order valence-corrected chi connectivity index (χ3v) is 7.12. The maximum absolute atomic E-state index is 12.9. The van der Waals surface area contributed by atoms with E-state index in [1.54, 1.807) is 11.3 Å². The van der Waals surface area contributed by atoms with E-state index >= 15 is 0 Å². The Hall–Kier alpha value is -2.14. The minimum absolute atomic E-state index is 0.0383. The summed E-state index contributed by atoms with van der Waals surface area (Å²) in [5.41, 5.74) is 3.93. The molecule has 0 saturated carbocycles. The van der Waals surface area contributed by atoms with Gasteiger partial charge in [-0.1, -0.05) is 25.1 Å². The van der Waals surface area contributed by atoms with Crippen molar-refractivity contribution in [1.29, 1.82) is 0 Å².